The molecule has 3 rings (SSSR count). The first-order chi connectivity index (χ1) is 11.5. The molecule has 0 spiro atoms. The molecule has 0 aliphatic carbocycles. The molecule has 128 valence electrons. The van der Waals surface area contributed by atoms with Crippen LogP contribution in [0.25, 0.3) is 11.0 Å². The van der Waals surface area contributed by atoms with E-state index in [1.807, 2.05) is 19.1 Å². The van der Waals surface area contributed by atoms with Crippen molar-refractivity contribution in [3.63, 3.8) is 0 Å². The number of carbonyl (C=O) groups is 2. The molecule has 1 aromatic carbocycles. The molecule has 2 heterocycles. The summed E-state index contributed by atoms with van der Waals surface area (Å²) in [6.07, 6.45) is 0. The molecule has 0 saturated carbocycles. The summed E-state index contributed by atoms with van der Waals surface area (Å²) in [6, 6.07) is 6.24. The van der Waals surface area contributed by atoms with Gasteiger partial charge >= 0.3 is 11.7 Å². The number of aliphatic carboxylic acids is 1. The summed E-state index contributed by atoms with van der Waals surface area (Å²) in [5.41, 5.74) is 1.15. The van der Waals surface area contributed by atoms with E-state index in [0.29, 0.717) is 18.7 Å². The van der Waals surface area contributed by atoms with Crippen LogP contribution >= 0.6 is 0 Å². The van der Waals surface area contributed by atoms with E-state index in [0.717, 1.165) is 5.52 Å². The third-order valence-corrected chi connectivity index (χ3v) is 4.27. The zero-order valence-electron chi connectivity index (χ0n) is 13.3. The molecule has 1 saturated heterocycles. The quantitative estimate of drug-likeness (QED) is 0.859. The van der Waals surface area contributed by atoms with Gasteiger partial charge in [0.05, 0.1) is 24.2 Å². The summed E-state index contributed by atoms with van der Waals surface area (Å²) in [5.74, 6) is -1.50. The number of aryl methyl sites for hydroxylation is 1. The van der Waals surface area contributed by atoms with Gasteiger partial charge < -0.3 is 14.7 Å². The fourth-order valence-electron chi connectivity index (χ4n) is 3.06. The number of hydrogen-bond donors (Lipinski definition) is 1. The van der Waals surface area contributed by atoms with Gasteiger partial charge in [-0.3, -0.25) is 13.9 Å². The van der Waals surface area contributed by atoms with Crippen LogP contribution in [-0.2, 0) is 27.4 Å². The van der Waals surface area contributed by atoms with Crippen LogP contribution in [0.1, 0.15) is 6.92 Å². The van der Waals surface area contributed by atoms with Gasteiger partial charge in [-0.15, -0.1) is 0 Å². The van der Waals surface area contributed by atoms with Crippen molar-refractivity contribution >= 4 is 22.9 Å². The molecule has 1 aliphatic heterocycles. The zero-order valence-corrected chi connectivity index (χ0v) is 13.3. The number of carbonyl (C=O) groups excluding carboxylic acids is 1. The normalized spacial score (nSPS) is 18.0. The number of hydrogen-bond acceptors (Lipinski definition) is 4. The molecule has 1 amide bonds. The van der Waals surface area contributed by atoms with Crippen molar-refractivity contribution in [2.75, 3.05) is 19.8 Å². The molecule has 0 radical (unpaired) electrons. The molecule has 2 aromatic rings. The van der Waals surface area contributed by atoms with E-state index in [-0.39, 0.29) is 25.4 Å². The lowest BCUT2D eigenvalue weighted by molar-refractivity contribution is -0.158. The molecule has 1 N–H and O–H groups in total. The molecule has 1 atom stereocenters. The summed E-state index contributed by atoms with van der Waals surface area (Å²) in [7, 11) is 0. The summed E-state index contributed by atoms with van der Waals surface area (Å²) in [4.78, 5) is 37.8. The van der Waals surface area contributed by atoms with Crippen LogP contribution in [-0.4, -0.2) is 56.8 Å². The van der Waals surface area contributed by atoms with Crippen LogP contribution in [0.2, 0.25) is 0 Å². The van der Waals surface area contributed by atoms with Crippen LogP contribution in [0.4, 0.5) is 0 Å². The number of carboxylic acid groups (broad SMARTS) is 1. The van der Waals surface area contributed by atoms with E-state index < -0.39 is 17.9 Å². The Morgan fingerprint density at radius 1 is 1.25 bits per heavy atom. The molecule has 0 bridgehead atoms. The largest absolute Gasteiger partial charge is 0.480 e. The predicted octanol–water partition coefficient (Wildman–Crippen LogP) is 0.135. The second-order valence-corrected chi connectivity index (χ2v) is 5.62. The van der Waals surface area contributed by atoms with Gasteiger partial charge in [-0.1, -0.05) is 12.1 Å². The monoisotopic (exact) mass is 333 g/mol. The number of carboxylic acids is 1. The number of benzene rings is 1. The first-order valence-corrected chi connectivity index (χ1v) is 7.82. The van der Waals surface area contributed by atoms with E-state index >= 15 is 0 Å². The number of morpholine rings is 1. The molecule has 1 unspecified atom stereocenters. The summed E-state index contributed by atoms with van der Waals surface area (Å²) in [5, 5.41) is 9.25. The number of imidazole rings is 1. The number of rotatable bonds is 4. The summed E-state index contributed by atoms with van der Waals surface area (Å²) < 4.78 is 8.13. The standard InChI is InChI=1S/C16H19N3O5/c1-2-17-11-5-3-4-6-12(11)19(16(17)23)9-14(20)18-7-8-24-10-13(18)15(21)22/h3-6,13H,2,7-10H2,1H3,(H,21,22). The van der Waals surface area contributed by atoms with Gasteiger partial charge in [0.2, 0.25) is 5.91 Å². The number of fused-ring (bicyclic) bond motifs is 1. The predicted molar refractivity (Wildman–Crippen MR) is 85.8 cm³/mol. The number of nitrogens with zero attached hydrogens (tertiary/aromatic N) is 3. The maximum absolute atomic E-state index is 12.6. The second kappa shape index (κ2) is 6.48. The van der Waals surface area contributed by atoms with Gasteiger partial charge in [0.1, 0.15) is 6.54 Å². The van der Waals surface area contributed by atoms with Crippen LogP contribution in [0.5, 0.6) is 0 Å². The van der Waals surface area contributed by atoms with Crippen molar-refractivity contribution in [2.45, 2.75) is 26.1 Å². The average Bonchev–Trinajstić information content (AvgIpc) is 2.86. The van der Waals surface area contributed by atoms with Crippen LogP contribution < -0.4 is 5.69 Å². The smallest absolute Gasteiger partial charge is 0.329 e. The van der Waals surface area contributed by atoms with Gasteiger partial charge in [-0.25, -0.2) is 9.59 Å². The highest BCUT2D eigenvalue weighted by molar-refractivity contribution is 5.85. The van der Waals surface area contributed by atoms with E-state index in [4.69, 9.17) is 4.74 Å². The second-order valence-electron chi connectivity index (χ2n) is 5.62. The van der Waals surface area contributed by atoms with Crippen LogP contribution in [0.3, 0.4) is 0 Å². The summed E-state index contributed by atoms with van der Waals surface area (Å²) in [6.45, 7) is 2.64. The SMILES string of the molecule is CCn1c(=O)n(CC(=O)N2CCOCC2C(=O)O)c2ccccc21. The molecule has 24 heavy (non-hydrogen) atoms. The number of amides is 1. The minimum absolute atomic E-state index is 0.0350. The average molecular weight is 333 g/mol. The Bertz CT molecular complexity index is 838. The van der Waals surface area contributed by atoms with Gasteiger partial charge in [-0.2, -0.15) is 0 Å². The van der Waals surface area contributed by atoms with E-state index in [9.17, 15) is 19.5 Å². The fraction of sp³-hybridized carbons (Fsp3) is 0.438. The van der Waals surface area contributed by atoms with Crippen molar-refractivity contribution in [1.82, 2.24) is 14.0 Å². The van der Waals surface area contributed by atoms with Gasteiger partial charge in [0.15, 0.2) is 6.04 Å². The first kappa shape index (κ1) is 16.3. The highest BCUT2D eigenvalue weighted by Gasteiger charge is 2.33. The van der Waals surface area contributed by atoms with Gasteiger partial charge in [-0.05, 0) is 19.1 Å². The van der Waals surface area contributed by atoms with Crippen molar-refractivity contribution < 1.29 is 19.4 Å². The molecular formula is C16H19N3O5. The molecule has 1 fully saturated rings. The minimum atomic E-state index is -1.11. The van der Waals surface area contributed by atoms with E-state index in [1.165, 1.54) is 9.47 Å². The summed E-state index contributed by atoms with van der Waals surface area (Å²) >= 11 is 0. The first-order valence-electron chi connectivity index (χ1n) is 7.82. The zero-order chi connectivity index (χ0) is 17.3. The van der Waals surface area contributed by atoms with Crippen molar-refractivity contribution in [1.29, 1.82) is 0 Å². The van der Waals surface area contributed by atoms with Gasteiger partial charge in [0, 0.05) is 13.1 Å². The minimum Gasteiger partial charge on any atom is -0.480 e. The molecule has 1 aliphatic rings. The third kappa shape index (κ3) is 2.69. The Balaban J connectivity index is 1.95. The highest BCUT2D eigenvalue weighted by Crippen LogP contribution is 2.14. The maximum Gasteiger partial charge on any atom is 0.329 e. The lowest BCUT2D eigenvalue weighted by Gasteiger charge is -2.32. The van der Waals surface area contributed by atoms with E-state index in [1.54, 1.807) is 16.7 Å². The maximum atomic E-state index is 12.6. The van der Waals surface area contributed by atoms with E-state index in [2.05, 4.69) is 0 Å². The highest BCUT2D eigenvalue weighted by atomic mass is 16.5. The topological polar surface area (TPSA) is 93.8 Å². The van der Waals surface area contributed by atoms with Crippen molar-refractivity contribution in [2.24, 2.45) is 0 Å². The van der Waals surface area contributed by atoms with Gasteiger partial charge in [0.25, 0.3) is 0 Å². The fourth-order valence-corrected chi connectivity index (χ4v) is 3.06. The van der Waals surface area contributed by atoms with Crippen molar-refractivity contribution in [3.05, 3.63) is 34.7 Å². The molecule has 8 heteroatoms. The van der Waals surface area contributed by atoms with Crippen LogP contribution in [0.15, 0.2) is 29.1 Å². The Labute approximate surface area is 137 Å². The number of para-hydroxylation sites is 2. The lowest BCUT2D eigenvalue weighted by atomic mass is 10.2. The Morgan fingerprint density at radius 2 is 1.92 bits per heavy atom. The molecule has 8 nitrogen and oxygen atoms in total. The number of aromatic nitrogens is 2. The third-order valence-electron chi connectivity index (χ3n) is 4.27. The lowest BCUT2D eigenvalue weighted by Crippen LogP contribution is -2.53. The van der Waals surface area contributed by atoms with Crippen LogP contribution in [0, 0.1) is 0 Å². The Kier molecular flexibility index (Phi) is 4.39. The molecule has 1 aromatic heterocycles. The van der Waals surface area contributed by atoms with Crippen molar-refractivity contribution in [3.8, 4) is 0 Å². The number of ether oxygens (including phenoxy) is 1. The Morgan fingerprint density at radius 3 is 2.54 bits per heavy atom. The molecular weight excluding hydrogens is 314 g/mol. The Hall–Kier alpha value is -2.61.